The van der Waals surface area contributed by atoms with E-state index in [9.17, 15) is 62.7 Å². The highest BCUT2D eigenvalue weighted by Crippen LogP contribution is 2.27. The molecule has 5 aromatic rings. The van der Waals surface area contributed by atoms with Gasteiger partial charge < -0.3 is 15.8 Å². The zero-order valence-corrected chi connectivity index (χ0v) is 74.7. The number of hydrogen-bond donors (Lipinski definition) is 6. The summed E-state index contributed by atoms with van der Waals surface area (Å²) in [4.78, 5) is 40.7. The van der Waals surface area contributed by atoms with E-state index in [0.29, 0.717) is 50.9 Å². The Morgan fingerprint density at radius 2 is 0.824 bits per heavy atom. The Balaban J connectivity index is -0.000000374. The number of nitrogens with one attached hydrogen (secondary N) is 4. The van der Waals surface area contributed by atoms with Crippen LogP contribution in [-0.2, 0) is 59.7 Å². The number of nitrogens with zero attached hydrogens (tertiary/aromatic N) is 3. The Morgan fingerprint density at radius 1 is 0.520 bits per heavy atom. The first-order valence-electron chi connectivity index (χ1n) is 29.1. The van der Waals surface area contributed by atoms with Crippen molar-refractivity contribution >= 4 is 194 Å². The monoisotopic (exact) mass is 1920 g/mol. The van der Waals surface area contributed by atoms with Gasteiger partial charge in [-0.1, -0.05) is 79.6 Å². The molecule has 0 bridgehead atoms. The Bertz CT molecular complexity index is 3540. The maximum Gasteiger partial charge on any atom is 0.407 e. The van der Waals surface area contributed by atoms with Gasteiger partial charge in [-0.3, -0.25) is 30.2 Å². The van der Waals surface area contributed by atoms with Crippen molar-refractivity contribution in [3.05, 3.63) is 190 Å². The van der Waals surface area contributed by atoms with Crippen LogP contribution in [0.25, 0.3) is 0 Å². The molecule has 5 aromatic carbocycles. The van der Waals surface area contributed by atoms with Gasteiger partial charge in [-0.2, -0.15) is 49.6 Å². The van der Waals surface area contributed by atoms with E-state index in [1.165, 1.54) is 66.9 Å². The van der Waals surface area contributed by atoms with Gasteiger partial charge >= 0.3 is 12.3 Å². The molecule has 8 N–H and O–H groups in total. The lowest BCUT2D eigenvalue weighted by molar-refractivity contribution is -0.532. The molecule has 1 amide bonds. The fourth-order valence-corrected chi connectivity index (χ4v) is 11.4. The summed E-state index contributed by atoms with van der Waals surface area (Å²) in [7, 11) is -5.89. The number of nitrogens with two attached hydrogens (primary N) is 2. The summed E-state index contributed by atoms with van der Waals surface area (Å²) in [6, 6.07) is 20.2. The van der Waals surface area contributed by atoms with Gasteiger partial charge in [0.2, 0.25) is 0 Å². The van der Waals surface area contributed by atoms with Crippen LogP contribution in [0.4, 0.5) is 26.7 Å². The van der Waals surface area contributed by atoms with Crippen molar-refractivity contribution in [3.63, 3.8) is 0 Å². The topological polar surface area (TPSA) is 328 Å². The standard InChI is InChI=1S/C17H26BrFN2O3S.C12H18BrFN2OS.C11H14BrFN2O3S.C11H13BrFNOS.C7H4BrFO.C4H11NOS.CH3NO2.3H2S/c1-16(2,3)24-15(22)20-10-14(21-25(23)17(4,5)6)11-7-12(18)9-13(19)8-11;1-12(2,3)18(17)16-11(7-15)8-4-9(13)6-10(14)5-8;1-11(2,3)19(18)14-10(15(16)17)7-4-8(12)6-9(13)5-7;1-11(2,3)16(15)14-7-8-4-9(12)6-10(13)5-8;8-6-1-5(4-10)2-7(9)3-6;1-4(2,3)7(5)6;1-2(3)4;;;/h7-9,14,21H,10H2,1-6H3,(H,20,22);4-6,11,16H,7,15H2,1-3H3;4-6,10,14H,1-3H3;4-7H,1-3H3;1-4H;5H2,1-3H3;1H3;3*1H2/t14-,25+;11-,18+;10-,19+;16-;;7-;;;;/m1110.0..../s1. The predicted octanol–water partition coefficient (Wildman–Crippen LogP) is 16.3. The third-order valence-corrected chi connectivity index (χ3v) is 20.4. The van der Waals surface area contributed by atoms with E-state index >= 15 is 0 Å². The maximum atomic E-state index is 13.7. The van der Waals surface area contributed by atoms with Gasteiger partial charge in [0.25, 0.3) is 0 Å². The van der Waals surface area contributed by atoms with Crippen LogP contribution in [0.2, 0.25) is 0 Å². The fraction of sp³-hybridized carbons (Fsp3) is 0.476. The molecule has 0 unspecified atom stereocenters. The largest absolute Gasteiger partial charge is 0.444 e. The number of benzene rings is 5. The molecular formula is C63H95Br5F5N9O12S8. The molecule has 0 aliphatic carbocycles. The lowest BCUT2D eigenvalue weighted by Crippen LogP contribution is -2.42. The van der Waals surface area contributed by atoms with Crippen LogP contribution in [0.3, 0.4) is 0 Å². The molecule has 39 heteroatoms. The van der Waals surface area contributed by atoms with Crippen LogP contribution in [0.5, 0.6) is 0 Å². The molecule has 0 saturated heterocycles. The van der Waals surface area contributed by atoms with Crippen molar-refractivity contribution < 1.29 is 67.2 Å². The Morgan fingerprint density at radius 3 is 1.13 bits per heavy atom. The molecule has 8 atom stereocenters. The number of amides is 1. The molecule has 0 aliphatic rings. The molecule has 0 fully saturated rings. The number of nitro groups is 2. The summed E-state index contributed by atoms with van der Waals surface area (Å²) in [5, 5.41) is 27.5. The summed E-state index contributed by atoms with van der Waals surface area (Å²) >= 11 is 15.8. The van der Waals surface area contributed by atoms with Gasteiger partial charge in [0.05, 0.1) is 68.8 Å². The third-order valence-electron chi connectivity index (χ3n) is 10.8. The second kappa shape index (κ2) is 50.0. The van der Waals surface area contributed by atoms with Gasteiger partial charge in [0.1, 0.15) is 62.9 Å². The number of carbonyl (C=O) groups excluding carboxylic acids is 2. The summed E-state index contributed by atoms with van der Waals surface area (Å²) in [6.07, 6.45) is 0.0200. The number of halogens is 10. The second-order valence-corrected chi connectivity index (χ2v) is 40.8. The number of hydrogen-bond acceptors (Lipinski definition) is 13. The molecule has 102 heavy (non-hydrogen) atoms. The van der Waals surface area contributed by atoms with Crippen molar-refractivity contribution in [2.75, 3.05) is 20.1 Å². The molecule has 0 heterocycles. The van der Waals surface area contributed by atoms with E-state index in [0.717, 1.165) is 13.1 Å². The first kappa shape index (κ1) is 108. The zero-order chi connectivity index (χ0) is 77.7. The molecule has 0 saturated carbocycles. The Hall–Kier alpha value is -2.84. The summed E-state index contributed by atoms with van der Waals surface area (Å²) in [5.74, 6) is -2.12. The highest BCUT2D eigenvalue weighted by molar-refractivity contribution is 9.11. The number of carbonyl (C=O) groups is 2. The van der Waals surface area contributed by atoms with Crippen LogP contribution in [-0.4, -0.2) is 99.0 Å². The molecular weight excluding hydrogens is 1830 g/mol. The smallest absolute Gasteiger partial charge is 0.407 e. The molecule has 5 rings (SSSR count). The fourth-order valence-electron chi connectivity index (χ4n) is 5.95. The number of alkyl carbamates (subject to hydrolysis) is 1. The SMILES string of the molecule is CC(C)(C)OC(=O)NC[C@@H](N[S@@](=O)C(C)(C)C)c1cc(F)cc(Br)c1.CC(C)(C)[S@@](N)=O.CC(C)(C)[S@](=O)N=Cc1cc(F)cc(Br)c1.CC(C)(C)[S@](=O)N[C@@H](c1cc(F)cc(Br)c1)[N+](=O)[O-].CC(C)(C)[S@](=O)N[C@H](CN)c1cc(F)cc(Br)c1.C[N+](=O)[O-].O=Cc1cc(F)cc(Br)c1.S.S.S. The summed E-state index contributed by atoms with van der Waals surface area (Å²) in [5.41, 5.74) is 7.33. The first-order chi connectivity index (χ1) is 44.8. The van der Waals surface area contributed by atoms with Crippen molar-refractivity contribution in [2.24, 2.45) is 15.3 Å². The van der Waals surface area contributed by atoms with Crippen LogP contribution in [0, 0.1) is 49.3 Å². The van der Waals surface area contributed by atoms with E-state index < -0.39 is 125 Å². The minimum absolute atomic E-state index is 0. The molecule has 582 valence electrons. The predicted molar refractivity (Wildman–Crippen MR) is 439 cm³/mol. The number of aldehydes is 1. The quantitative estimate of drug-likeness (QED) is 0.0134. The Labute approximate surface area is 672 Å². The van der Waals surface area contributed by atoms with Crippen LogP contribution in [0.1, 0.15) is 175 Å². The molecule has 0 radical (unpaired) electrons. The minimum atomic E-state index is -1.63. The first-order valence-corrected chi connectivity index (χ1v) is 38.8. The van der Waals surface area contributed by atoms with Gasteiger partial charge in [-0.15, -0.1) is 0 Å². The lowest BCUT2D eigenvalue weighted by Gasteiger charge is -2.26. The van der Waals surface area contributed by atoms with Crippen LogP contribution < -0.4 is 30.4 Å². The van der Waals surface area contributed by atoms with Gasteiger partial charge in [-0.25, -0.2) is 57.2 Å². The van der Waals surface area contributed by atoms with E-state index in [1.807, 2.05) is 83.1 Å². The molecule has 0 aromatic heterocycles. The van der Waals surface area contributed by atoms with Gasteiger partial charge in [-0.05, 0) is 232 Å². The van der Waals surface area contributed by atoms with E-state index in [4.69, 9.17) is 25.7 Å². The average Bonchev–Trinajstić information content (AvgIpc) is 0.849. The minimum Gasteiger partial charge on any atom is -0.444 e. The number of rotatable bonds is 16. The Kier molecular flexibility index (Phi) is 52.8. The van der Waals surface area contributed by atoms with Crippen molar-refractivity contribution in [1.82, 2.24) is 19.5 Å². The lowest BCUT2D eigenvalue weighted by atomic mass is 10.1. The van der Waals surface area contributed by atoms with Crippen LogP contribution in [0.15, 0.2) is 118 Å². The second-order valence-electron chi connectivity index (χ2n) is 26.5. The molecule has 21 nitrogen and oxygen atoms in total. The summed E-state index contributed by atoms with van der Waals surface area (Å²) < 4.78 is 142. The van der Waals surface area contributed by atoms with Crippen molar-refractivity contribution in [1.29, 1.82) is 0 Å². The van der Waals surface area contributed by atoms with Crippen molar-refractivity contribution in [2.45, 2.75) is 172 Å². The normalized spacial score (nSPS) is 13.7. The highest BCUT2D eigenvalue weighted by Gasteiger charge is 2.31. The highest BCUT2D eigenvalue weighted by atomic mass is 79.9. The third kappa shape index (κ3) is 49.9. The number of ether oxygens (including phenoxy) is 1. The summed E-state index contributed by atoms with van der Waals surface area (Å²) in [6.45, 7) is 32.8. The van der Waals surface area contributed by atoms with Gasteiger partial charge in [0, 0.05) is 62.6 Å². The van der Waals surface area contributed by atoms with Crippen molar-refractivity contribution in [3.8, 4) is 0 Å². The van der Waals surface area contributed by atoms with Gasteiger partial charge in [0.15, 0.2) is 7.05 Å². The average molecular weight is 1920 g/mol. The van der Waals surface area contributed by atoms with E-state index in [2.05, 4.69) is 104 Å². The zero-order valence-electron chi connectivity index (χ0n) is 59.7. The van der Waals surface area contributed by atoms with E-state index in [1.54, 1.807) is 65.8 Å². The van der Waals surface area contributed by atoms with Crippen LogP contribution >= 0.6 is 120 Å². The molecule has 0 spiro atoms. The maximum absolute atomic E-state index is 13.7. The molecule has 0 aliphatic heterocycles. The van der Waals surface area contributed by atoms with E-state index in [-0.39, 0.29) is 81.6 Å².